The van der Waals surface area contributed by atoms with Crippen LogP contribution in [0.1, 0.15) is 29.7 Å². The summed E-state index contributed by atoms with van der Waals surface area (Å²) in [6.07, 6.45) is 4.92. The molecular formula is C26H20BrN3O3S. The molecule has 0 aliphatic carbocycles. The average Bonchev–Trinajstić information content (AvgIpc) is 3.43. The lowest BCUT2D eigenvalue weighted by molar-refractivity contribution is -0.113. The Bertz CT molecular complexity index is 1600. The predicted molar refractivity (Wildman–Crippen MR) is 136 cm³/mol. The molecule has 34 heavy (non-hydrogen) atoms. The molecule has 170 valence electrons. The number of benzene rings is 2. The van der Waals surface area contributed by atoms with E-state index in [2.05, 4.69) is 26.2 Å². The molecule has 0 spiro atoms. The molecule has 0 radical (unpaired) electrons. The van der Waals surface area contributed by atoms with Crippen LogP contribution in [0, 0.1) is 6.92 Å². The second kappa shape index (κ2) is 9.04. The van der Waals surface area contributed by atoms with Gasteiger partial charge in [-0.05, 0) is 55.3 Å². The number of rotatable bonds is 4. The summed E-state index contributed by atoms with van der Waals surface area (Å²) in [7, 11) is 0. The summed E-state index contributed by atoms with van der Waals surface area (Å²) in [6, 6.07) is 16.4. The molecule has 2 aromatic heterocycles. The van der Waals surface area contributed by atoms with Crippen molar-refractivity contribution in [2.45, 2.75) is 19.9 Å². The van der Waals surface area contributed by atoms with Gasteiger partial charge in [-0.3, -0.25) is 14.2 Å². The SMILES string of the molecule is CC1=C(C(=O)Nc2ccccc2C)[C@H](c2ccc(Br)cc2)n2c(s/c(=C/c3ccoc3)c2=O)=N1. The first-order valence-corrected chi connectivity index (χ1v) is 12.2. The minimum Gasteiger partial charge on any atom is -0.472 e. The second-order valence-corrected chi connectivity index (χ2v) is 9.88. The van der Waals surface area contributed by atoms with E-state index in [0.29, 0.717) is 20.6 Å². The quantitative estimate of drug-likeness (QED) is 0.418. The fraction of sp³-hybridized carbons (Fsp3) is 0.115. The Morgan fingerprint density at radius 1 is 1.15 bits per heavy atom. The number of para-hydroxylation sites is 1. The zero-order valence-corrected chi connectivity index (χ0v) is 20.8. The zero-order chi connectivity index (χ0) is 23.8. The van der Waals surface area contributed by atoms with Crippen molar-refractivity contribution in [3.63, 3.8) is 0 Å². The van der Waals surface area contributed by atoms with Crippen LogP contribution in [0.15, 0.2) is 97.1 Å². The Morgan fingerprint density at radius 3 is 2.62 bits per heavy atom. The number of hydrogen-bond donors (Lipinski definition) is 1. The Labute approximate surface area is 207 Å². The second-order valence-electron chi connectivity index (χ2n) is 7.96. The van der Waals surface area contributed by atoms with Crippen LogP contribution in [0.5, 0.6) is 0 Å². The lowest BCUT2D eigenvalue weighted by atomic mass is 9.95. The number of amides is 1. The standard InChI is InChI=1S/C26H20BrN3O3S/c1-15-5-3-4-6-20(15)29-24(31)22-16(2)28-26-30(23(22)18-7-9-19(27)10-8-18)25(32)21(34-26)13-17-11-12-33-14-17/h3-14,23H,1-2H3,(H,29,31)/b21-13+/t23-/m0/s1. The third-order valence-corrected chi connectivity index (χ3v) is 7.20. The molecule has 0 unspecified atom stereocenters. The maximum atomic E-state index is 13.6. The van der Waals surface area contributed by atoms with E-state index in [-0.39, 0.29) is 11.5 Å². The summed E-state index contributed by atoms with van der Waals surface area (Å²) >= 11 is 4.77. The number of hydrogen-bond acceptors (Lipinski definition) is 5. The van der Waals surface area contributed by atoms with Crippen LogP contribution in [0.4, 0.5) is 5.69 Å². The fourth-order valence-electron chi connectivity index (χ4n) is 3.98. The number of carbonyl (C=O) groups excluding carboxylic acids is 1. The molecule has 6 nitrogen and oxygen atoms in total. The van der Waals surface area contributed by atoms with Crippen molar-refractivity contribution >= 4 is 44.9 Å². The summed E-state index contributed by atoms with van der Waals surface area (Å²) < 4.78 is 8.18. The number of allylic oxidation sites excluding steroid dienone is 1. The van der Waals surface area contributed by atoms with Crippen molar-refractivity contribution < 1.29 is 9.21 Å². The number of nitrogens with one attached hydrogen (secondary N) is 1. The summed E-state index contributed by atoms with van der Waals surface area (Å²) in [6.45, 7) is 3.75. The normalized spacial score (nSPS) is 15.7. The number of thiazole rings is 1. The Morgan fingerprint density at radius 2 is 1.91 bits per heavy atom. The molecule has 1 aliphatic heterocycles. The lowest BCUT2D eigenvalue weighted by Crippen LogP contribution is -2.40. The van der Waals surface area contributed by atoms with E-state index in [1.165, 1.54) is 11.3 Å². The smallest absolute Gasteiger partial charge is 0.271 e. The molecular weight excluding hydrogens is 514 g/mol. The van der Waals surface area contributed by atoms with E-state index >= 15 is 0 Å². The van der Waals surface area contributed by atoms with Gasteiger partial charge in [0.15, 0.2) is 4.80 Å². The summed E-state index contributed by atoms with van der Waals surface area (Å²) in [5, 5.41) is 3.02. The molecule has 0 saturated carbocycles. The molecule has 4 aromatic rings. The first kappa shape index (κ1) is 22.3. The van der Waals surface area contributed by atoms with Gasteiger partial charge >= 0.3 is 0 Å². The van der Waals surface area contributed by atoms with Gasteiger partial charge in [-0.15, -0.1) is 0 Å². The third-order valence-electron chi connectivity index (χ3n) is 5.69. The fourth-order valence-corrected chi connectivity index (χ4v) is 5.29. The van der Waals surface area contributed by atoms with E-state index in [9.17, 15) is 9.59 Å². The van der Waals surface area contributed by atoms with E-state index in [1.54, 1.807) is 29.2 Å². The van der Waals surface area contributed by atoms with Crippen molar-refractivity contribution in [1.82, 2.24) is 4.57 Å². The first-order chi connectivity index (χ1) is 16.4. The molecule has 1 atom stereocenters. The lowest BCUT2D eigenvalue weighted by Gasteiger charge is -2.25. The third kappa shape index (κ3) is 4.10. The van der Waals surface area contributed by atoms with Crippen LogP contribution >= 0.6 is 27.3 Å². The van der Waals surface area contributed by atoms with Crippen LogP contribution in [-0.4, -0.2) is 10.5 Å². The number of aryl methyl sites for hydroxylation is 1. The maximum absolute atomic E-state index is 13.6. The van der Waals surface area contributed by atoms with Crippen molar-refractivity contribution in [3.8, 4) is 0 Å². The van der Waals surface area contributed by atoms with Gasteiger partial charge in [0.1, 0.15) is 0 Å². The minimum absolute atomic E-state index is 0.202. The highest BCUT2D eigenvalue weighted by atomic mass is 79.9. The van der Waals surface area contributed by atoms with E-state index in [1.807, 2.05) is 62.4 Å². The molecule has 5 rings (SSSR count). The average molecular weight is 534 g/mol. The number of carbonyl (C=O) groups is 1. The van der Waals surface area contributed by atoms with Crippen LogP contribution in [0.3, 0.4) is 0 Å². The molecule has 0 fully saturated rings. The molecule has 8 heteroatoms. The number of anilines is 1. The van der Waals surface area contributed by atoms with Gasteiger partial charge in [0.25, 0.3) is 11.5 Å². The highest BCUT2D eigenvalue weighted by Crippen LogP contribution is 2.31. The van der Waals surface area contributed by atoms with Crippen LogP contribution in [-0.2, 0) is 4.79 Å². The number of fused-ring (bicyclic) bond motifs is 1. The minimum atomic E-state index is -0.611. The van der Waals surface area contributed by atoms with Crippen LogP contribution in [0.25, 0.3) is 6.08 Å². The summed E-state index contributed by atoms with van der Waals surface area (Å²) in [5.74, 6) is -0.285. The van der Waals surface area contributed by atoms with Gasteiger partial charge in [0.05, 0.1) is 34.4 Å². The Kier molecular flexibility index (Phi) is 5.93. The van der Waals surface area contributed by atoms with Crippen molar-refractivity contribution in [2.24, 2.45) is 4.99 Å². The maximum Gasteiger partial charge on any atom is 0.271 e. The molecule has 2 aromatic carbocycles. The molecule has 1 aliphatic rings. The molecule has 3 heterocycles. The Balaban J connectivity index is 1.68. The highest BCUT2D eigenvalue weighted by molar-refractivity contribution is 9.10. The zero-order valence-electron chi connectivity index (χ0n) is 18.4. The van der Waals surface area contributed by atoms with E-state index in [0.717, 1.165) is 26.9 Å². The van der Waals surface area contributed by atoms with Gasteiger partial charge in [-0.25, -0.2) is 4.99 Å². The van der Waals surface area contributed by atoms with Crippen LogP contribution < -0.4 is 20.2 Å². The van der Waals surface area contributed by atoms with E-state index < -0.39 is 6.04 Å². The number of aromatic nitrogens is 1. The molecule has 0 saturated heterocycles. The topological polar surface area (TPSA) is 76.6 Å². The predicted octanol–water partition coefficient (Wildman–Crippen LogP) is 4.54. The number of halogens is 1. The summed E-state index contributed by atoms with van der Waals surface area (Å²) in [4.78, 5) is 32.4. The monoisotopic (exact) mass is 533 g/mol. The van der Waals surface area contributed by atoms with Crippen molar-refractivity contribution in [2.75, 3.05) is 5.32 Å². The van der Waals surface area contributed by atoms with Crippen LogP contribution in [0.2, 0.25) is 0 Å². The van der Waals surface area contributed by atoms with Gasteiger partial charge in [0, 0.05) is 15.7 Å². The number of furan rings is 1. The largest absolute Gasteiger partial charge is 0.472 e. The highest BCUT2D eigenvalue weighted by Gasteiger charge is 2.32. The van der Waals surface area contributed by atoms with Gasteiger partial charge in [-0.1, -0.05) is 57.6 Å². The Hall–Kier alpha value is -3.49. The van der Waals surface area contributed by atoms with Gasteiger partial charge < -0.3 is 9.73 Å². The number of nitrogens with zero attached hydrogens (tertiary/aromatic N) is 2. The summed E-state index contributed by atoms with van der Waals surface area (Å²) in [5.41, 5.74) is 4.10. The van der Waals surface area contributed by atoms with Crippen molar-refractivity contribution in [3.05, 3.63) is 119 Å². The molecule has 1 N–H and O–H groups in total. The molecule has 0 bridgehead atoms. The van der Waals surface area contributed by atoms with Crippen molar-refractivity contribution in [1.29, 1.82) is 0 Å². The molecule has 1 amide bonds. The first-order valence-electron chi connectivity index (χ1n) is 10.6. The van der Waals surface area contributed by atoms with E-state index in [4.69, 9.17) is 4.42 Å². The van der Waals surface area contributed by atoms with Gasteiger partial charge in [-0.2, -0.15) is 0 Å². The van der Waals surface area contributed by atoms with Gasteiger partial charge in [0.2, 0.25) is 0 Å².